The van der Waals surface area contributed by atoms with Gasteiger partial charge >= 0.3 is 5.97 Å². The molecule has 0 saturated heterocycles. The highest BCUT2D eigenvalue weighted by Crippen LogP contribution is 2.40. The number of hydrogen-bond acceptors (Lipinski definition) is 4. The molecule has 0 aliphatic heterocycles. The number of benzene rings is 2. The zero-order chi connectivity index (χ0) is 29.2. The second kappa shape index (κ2) is 15.4. The van der Waals surface area contributed by atoms with Gasteiger partial charge in [-0.2, -0.15) is 0 Å². The van der Waals surface area contributed by atoms with Gasteiger partial charge in [0.15, 0.2) is 11.6 Å². The summed E-state index contributed by atoms with van der Waals surface area (Å²) in [5.41, 5.74) is 0.717. The summed E-state index contributed by atoms with van der Waals surface area (Å²) in [6, 6.07) is 7.62. The summed E-state index contributed by atoms with van der Waals surface area (Å²) in [5, 5.41) is 0. The van der Waals surface area contributed by atoms with Crippen LogP contribution in [0.15, 0.2) is 43.0 Å². The van der Waals surface area contributed by atoms with Crippen molar-refractivity contribution in [3.8, 4) is 5.75 Å². The van der Waals surface area contributed by atoms with E-state index in [0.717, 1.165) is 58.0 Å². The highest BCUT2D eigenvalue weighted by Gasteiger charge is 2.31. The Morgan fingerprint density at radius 1 is 0.854 bits per heavy atom. The third-order valence-electron chi connectivity index (χ3n) is 8.48. The lowest BCUT2D eigenvalue weighted by atomic mass is 9.79. The Bertz CT molecular complexity index is 1150. The monoisotopic (exact) mass is 572 g/mol. The van der Waals surface area contributed by atoms with Gasteiger partial charge in [-0.3, -0.25) is 0 Å². The van der Waals surface area contributed by atoms with E-state index in [0.29, 0.717) is 49.2 Å². The largest absolute Gasteiger partial charge is 0.493 e. The number of halogens is 3. The molecule has 41 heavy (non-hydrogen) atoms. The fourth-order valence-electron chi connectivity index (χ4n) is 6.02. The summed E-state index contributed by atoms with van der Waals surface area (Å²) in [5.74, 6) is -2.68. The lowest BCUT2D eigenvalue weighted by Crippen LogP contribution is -2.25. The number of unbranched alkanes of at least 4 members (excludes halogenated alkanes) is 2. The van der Waals surface area contributed by atoms with Gasteiger partial charge in [0, 0.05) is 12.7 Å². The number of rotatable bonds is 13. The third kappa shape index (κ3) is 8.37. The molecule has 2 aliphatic carbocycles. The normalized spacial score (nSPS) is 22.7. The fraction of sp³-hybridized carbons (Fsp3) is 0.559. The van der Waals surface area contributed by atoms with E-state index in [1.165, 1.54) is 12.1 Å². The minimum atomic E-state index is -0.752. The van der Waals surface area contributed by atoms with E-state index in [-0.39, 0.29) is 23.5 Å². The van der Waals surface area contributed by atoms with Gasteiger partial charge in [-0.05, 0) is 106 Å². The number of carbonyl (C=O) groups excluding carboxylic acids is 1. The Kier molecular flexibility index (Phi) is 11.7. The van der Waals surface area contributed by atoms with Crippen molar-refractivity contribution >= 4 is 5.97 Å². The van der Waals surface area contributed by atoms with Crippen molar-refractivity contribution in [3.63, 3.8) is 0 Å². The number of ether oxygens (including phenoxy) is 3. The Hall–Kier alpha value is -2.80. The SMILES string of the molecule is C=CCCCOc1ccc(C(=O)OC2CCC(c3ccc(C4CCC(OCCCC)CC4)c(F)c3F)CC2)c(F)c1. The maximum atomic E-state index is 15.3. The molecule has 0 radical (unpaired) electrons. The lowest BCUT2D eigenvalue weighted by molar-refractivity contribution is 0.0188. The Balaban J connectivity index is 1.27. The van der Waals surface area contributed by atoms with Crippen LogP contribution < -0.4 is 4.74 Å². The van der Waals surface area contributed by atoms with Crippen LogP contribution in [0, 0.1) is 17.5 Å². The molecule has 0 atom stereocenters. The van der Waals surface area contributed by atoms with Crippen LogP contribution in [0.1, 0.15) is 117 Å². The molecule has 0 unspecified atom stereocenters. The molecule has 2 aromatic rings. The highest BCUT2D eigenvalue weighted by molar-refractivity contribution is 5.90. The molecule has 0 bridgehead atoms. The molecule has 0 amide bonds. The number of carbonyl (C=O) groups is 1. The summed E-state index contributed by atoms with van der Waals surface area (Å²) >= 11 is 0. The molecule has 2 fully saturated rings. The van der Waals surface area contributed by atoms with Crippen LogP contribution >= 0.6 is 0 Å². The van der Waals surface area contributed by atoms with Crippen molar-refractivity contribution in [3.05, 3.63) is 77.1 Å². The first-order valence-electron chi connectivity index (χ1n) is 15.2. The topological polar surface area (TPSA) is 44.8 Å². The van der Waals surface area contributed by atoms with Crippen molar-refractivity contribution in [2.24, 2.45) is 0 Å². The van der Waals surface area contributed by atoms with Crippen LogP contribution in [-0.2, 0) is 9.47 Å². The first-order chi connectivity index (χ1) is 19.9. The quantitative estimate of drug-likeness (QED) is 0.136. The van der Waals surface area contributed by atoms with Crippen molar-refractivity contribution in [1.29, 1.82) is 0 Å². The molecule has 7 heteroatoms. The maximum absolute atomic E-state index is 15.3. The summed E-state index contributed by atoms with van der Waals surface area (Å²) in [6.07, 6.45) is 10.8. The van der Waals surface area contributed by atoms with Gasteiger partial charge in [-0.25, -0.2) is 18.0 Å². The summed E-state index contributed by atoms with van der Waals surface area (Å²) < 4.78 is 62.1. The first-order valence-corrected chi connectivity index (χ1v) is 15.2. The molecule has 4 nitrogen and oxygen atoms in total. The molecule has 0 spiro atoms. The zero-order valence-electron chi connectivity index (χ0n) is 24.1. The van der Waals surface area contributed by atoms with Gasteiger partial charge in [0.05, 0.1) is 18.3 Å². The first kappa shape index (κ1) is 31.1. The number of allylic oxidation sites excluding steroid dienone is 1. The van der Waals surface area contributed by atoms with E-state index in [9.17, 15) is 9.18 Å². The van der Waals surface area contributed by atoms with Gasteiger partial charge in [-0.15, -0.1) is 6.58 Å². The molecule has 2 saturated carbocycles. The van der Waals surface area contributed by atoms with E-state index < -0.39 is 29.5 Å². The second-order valence-corrected chi connectivity index (χ2v) is 11.4. The van der Waals surface area contributed by atoms with Gasteiger partial charge in [0.25, 0.3) is 0 Å². The number of hydrogen-bond donors (Lipinski definition) is 0. The van der Waals surface area contributed by atoms with Gasteiger partial charge in [-0.1, -0.05) is 31.6 Å². The summed E-state index contributed by atoms with van der Waals surface area (Å²) in [7, 11) is 0. The minimum absolute atomic E-state index is 0.0120. The molecule has 0 heterocycles. The maximum Gasteiger partial charge on any atom is 0.341 e. The van der Waals surface area contributed by atoms with Crippen LogP contribution in [-0.4, -0.2) is 31.4 Å². The Labute approximate surface area is 242 Å². The van der Waals surface area contributed by atoms with Gasteiger partial charge in [0.1, 0.15) is 17.7 Å². The van der Waals surface area contributed by atoms with Crippen molar-refractivity contribution in [2.75, 3.05) is 13.2 Å². The molecular weight excluding hydrogens is 529 g/mol. The van der Waals surface area contributed by atoms with Crippen LogP contribution in [0.3, 0.4) is 0 Å². The molecule has 224 valence electrons. The van der Waals surface area contributed by atoms with E-state index >= 15 is 8.78 Å². The molecule has 2 aromatic carbocycles. The van der Waals surface area contributed by atoms with Crippen LogP contribution in [0.5, 0.6) is 5.75 Å². The molecular formula is C34H43F3O4. The van der Waals surface area contributed by atoms with Gasteiger partial charge < -0.3 is 14.2 Å². The minimum Gasteiger partial charge on any atom is -0.493 e. The molecule has 2 aliphatic rings. The lowest BCUT2D eigenvalue weighted by Gasteiger charge is -2.31. The fourth-order valence-corrected chi connectivity index (χ4v) is 6.02. The van der Waals surface area contributed by atoms with E-state index in [2.05, 4.69) is 13.5 Å². The smallest absolute Gasteiger partial charge is 0.341 e. The summed E-state index contributed by atoms with van der Waals surface area (Å²) in [4.78, 5) is 12.6. The Morgan fingerprint density at radius 3 is 2.02 bits per heavy atom. The standard InChI is InChI=1S/C34H43F3O4/c1-3-5-7-21-40-27-16-17-30(31(35)22-27)34(38)41-26-14-10-24(11-15-26)29-19-18-28(32(36)33(29)37)23-8-12-25(13-9-23)39-20-6-4-2/h3,16-19,22-26H,1,4-15,20-21H2,2H3. The summed E-state index contributed by atoms with van der Waals surface area (Å²) in [6.45, 7) is 6.98. The average Bonchev–Trinajstić information content (AvgIpc) is 2.98. The van der Waals surface area contributed by atoms with Crippen LogP contribution in [0.4, 0.5) is 13.2 Å². The molecule has 0 aromatic heterocycles. The van der Waals surface area contributed by atoms with Gasteiger partial charge in [0.2, 0.25) is 0 Å². The third-order valence-corrected chi connectivity index (χ3v) is 8.48. The second-order valence-electron chi connectivity index (χ2n) is 11.4. The predicted molar refractivity (Wildman–Crippen MR) is 154 cm³/mol. The highest BCUT2D eigenvalue weighted by atomic mass is 19.2. The molecule has 4 rings (SSSR count). The molecule has 0 N–H and O–H groups in total. The Morgan fingerprint density at radius 2 is 1.46 bits per heavy atom. The predicted octanol–water partition coefficient (Wildman–Crippen LogP) is 9.17. The van der Waals surface area contributed by atoms with E-state index in [1.54, 1.807) is 24.3 Å². The van der Waals surface area contributed by atoms with Crippen LogP contribution in [0.2, 0.25) is 0 Å². The van der Waals surface area contributed by atoms with E-state index in [4.69, 9.17) is 14.2 Å². The van der Waals surface area contributed by atoms with Crippen LogP contribution in [0.25, 0.3) is 0 Å². The van der Waals surface area contributed by atoms with Crippen molar-refractivity contribution in [2.45, 2.75) is 108 Å². The average molecular weight is 573 g/mol. The zero-order valence-corrected chi connectivity index (χ0v) is 24.1. The van der Waals surface area contributed by atoms with Crippen molar-refractivity contribution in [1.82, 2.24) is 0 Å². The van der Waals surface area contributed by atoms with E-state index in [1.807, 2.05) is 0 Å². The van der Waals surface area contributed by atoms with Crippen molar-refractivity contribution < 1.29 is 32.2 Å². The number of esters is 1.